The fourth-order valence-corrected chi connectivity index (χ4v) is 3.49. The number of unbranched alkanes of at least 4 members (excludes halogenated alkanes) is 1. The number of anilines is 1. The van der Waals surface area contributed by atoms with E-state index in [2.05, 4.69) is 41.5 Å². The van der Waals surface area contributed by atoms with Gasteiger partial charge in [-0.3, -0.25) is 14.9 Å². The highest BCUT2D eigenvalue weighted by Gasteiger charge is 2.15. The topological polar surface area (TPSA) is 94.3 Å². The van der Waals surface area contributed by atoms with Crippen LogP contribution in [0.25, 0.3) is 11.3 Å². The maximum absolute atomic E-state index is 12.6. The molecule has 7 heteroatoms. The molecule has 0 atom stereocenters. The molecule has 0 radical (unpaired) electrons. The fraction of sp³-hybridized carbons (Fsp3) is 0.227. The van der Waals surface area contributed by atoms with E-state index in [4.69, 9.17) is 10.5 Å². The van der Waals surface area contributed by atoms with E-state index in [0.717, 1.165) is 17.7 Å². The van der Waals surface area contributed by atoms with Gasteiger partial charge < -0.3 is 10.5 Å². The van der Waals surface area contributed by atoms with Crippen LogP contribution in [0.4, 0.5) is 5.13 Å². The Bertz CT molecular complexity index is 983. The van der Waals surface area contributed by atoms with E-state index >= 15 is 0 Å². The van der Waals surface area contributed by atoms with E-state index < -0.39 is 5.91 Å². The quantitative estimate of drug-likeness (QED) is 0.552. The number of rotatable bonds is 9. The van der Waals surface area contributed by atoms with Gasteiger partial charge in [-0.15, -0.1) is 11.3 Å². The highest BCUT2D eigenvalue weighted by Crippen LogP contribution is 2.27. The van der Waals surface area contributed by atoms with Crippen LogP contribution in [-0.4, -0.2) is 23.4 Å². The van der Waals surface area contributed by atoms with E-state index in [1.54, 1.807) is 24.3 Å². The van der Waals surface area contributed by atoms with Crippen molar-refractivity contribution in [1.29, 1.82) is 0 Å². The summed E-state index contributed by atoms with van der Waals surface area (Å²) in [5.74, 6) is -0.672. The zero-order valence-corrected chi connectivity index (χ0v) is 17.0. The molecule has 6 nitrogen and oxygen atoms in total. The molecule has 2 aromatic carbocycles. The molecule has 1 aromatic heterocycles. The zero-order valence-electron chi connectivity index (χ0n) is 16.2. The number of para-hydroxylation sites is 1. The van der Waals surface area contributed by atoms with Gasteiger partial charge >= 0.3 is 0 Å². The minimum absolute atomic E-state index is 0.292. The number of carbonyl (C=O) groups excluding carboxylic acids is 2. The Balaban J connectivity index is 1.69. The van der Waals surface area contributed by atoms with Crippen LogP contribution in [0, 0.1) is 0 Å². The normalized spacial score (nSPS) is 10.5. The first-order valence-corrected chi connectivity index (χ1v) is 10.3. The van der Waals surface area contributed by atoms with Crippen LogP contribution in [0.15, 0.2) is 53.9 Å². The molecule has 0 saturated carbocycles. The summed E-state index contributed by atoms with van der Waals surface area (Å²) in [6.07, 6.45) is 3.43. The smallest absolute Gasteiger partial charge is 0.261 e. The third-order valence-corrected chi connectivity index (χ3v) is 5.05. The molecule has 150 valence electrons. The molecular formula is C22H23N3O3S. The highest BCUT2D eigenvalue weighted by atomic mass is 32.1. The monoisotopic (exact) mass is 409 g/mol. The minimum Gasteiger partial charge on any atom is -0.483 e. The van der Waals surface area contributed by atoms with E-state index in [1.807, 2.05) is 5.38 Å². The molecule has 0 unspecified atom stereocenters. The molecule has 0 spiro atoms. The summed E-state index contributed by atoms with van der Waals surface area (Å²) in [5, 5.41) is 5.19. The maximum Gasteiger partial charge on any atom is 0.261 e. The molecule has 0 aliphatic carbocycles. The van der Waals surface area contributed by atoms with E-state index in [0.29, 0.717) is 16.4 Å². The van der Waals surface area contributed by atoms with Gasteiger partial charge in [0.2, 0.25) is 0 Å². The summed E-state index contributed by atoms with van der Waals surface area (Å²) in [7, 11) is 0. The zero-order chi connectivity index (χ0) is 20.6. The molecule has 3 rings (SSSR count). The van der Waals surface area contributed by atoms with Gasteiger partial charge in [-0.05, 0) is 30.5 Å². The number of primary amides is 1. The SMILES string of the molecule is CCCCc1ccc(-c2csc(NC(=O)c3ccccc3OCC(N)=O)n2)cc1. The van der Waals surface area contributed by atoms with Crippen LogP contribution in [0.5, 0.6) is 5.75 Å². The number of aryl methyl sites for hydroxylation is 1. The fourth-order valence-electron chi connectivity index (χ4n) is 2.78. The third kappa shape index (κ3) is 5.65. The molecule has 0 aliphatic rings. The molecular weight excluding hydrogens is 386 g/mol. The van der Waals surface area contributed by atoms with Crippen molar-refractivity contribution in [1.82, 2.24) is 4.98 Å². The average Bonchev–Trinajstić information content (AvgIpc) is 3.19. The molecule has 2 amide bonds. The summed E-state index contributed by atoms with van der Waals surface area (Å²) < 4.78 is 5.32. The Morgan fingerprint density at radius 3 is 2.62 bits per heavy atom. The predicted molar refractivity (Wildman–Crippen MR) is 115 cm³/mol. The van der Waals surface area contributed by atoms with Crippen molar-refractivity contribution in [3.8, 4) is 17.0 Å². The molecule has 0 aliphatic heterocycles. The Kier molecular flexibility index (Phi) is 6.97. The number of carbonyl (C=O) groups is 2. The first-order chi connectivity index (χ1) is 14.1. The molecule has 0 bridgehead atoms. The predicted octanol–water partition coefficient (Wildman–Crippen LogP) is 4.27. The van der Waals surface area contributed by atoms with Crippen LogP contribution in [0.3, 0.4) is 0 Å². The summed E-state index contributed by atoms with van der Waals surface area (Å²) in [6, 6.07) is 15.0. The second-order valence-electron chi connectivity index (χ2n) is 6.54. The summed E-state index contributed by atoms with van der Waals surface area (Å²) in [4.78, 5) is 28.1. The number of ether oxygens (including phenoxy) is 1. The van der Waals surface area contributed by atoms with Crippen molar-refractivity contribution in [2.24, 2.45) is 5.73 Å². The lowest BCUT2D eigenvalue weighted by atomic mass is 10.1. The number of nitrogens with one attached hydrogen (secondary N) is 1. The summed E-state index contributed by atoms with van der Waals surface area (Å²) in [5.41, 5.74) is 8.55. The number of benzene rings is 2. The molecule has 3 N–H and O–H groups in total. The molecule has 29 heavy (non-hydrogen) atoms. The van der Waals surface area contributed by atoms with Crippen molar-refractivity contribution in [2.45, 2.75) is 26.2 Å². The second-order valence-corrected chi connectivity index (χ2v) is 7.40. The lowest BCUT2D eigenvalue weighted by Crippen LogP contribution is -2.21. The molecule has 0 fully saturated rings. The number of hydrogen-bond acceptors (Lipinski definition) is 5. The Morgan fingerprint density at radius 2 is 1.90 bits per heavy atom. The standard InChI is InChI=1S/C22H23N3O3S/c1-2-3-6-15-9-11-16(12-10-15)18-14-29-22(24-18)25-21(27)17-7-4-5-8-19(17)28-13-20(23)26/h4-5,7-12,14H,2-3,6,13H2,1H3,(H2,23,26)(H,24,25,27). The number of hydrogen-bond donors (Lipinski definition) is 2. The van der Waals surface area contributed by atoms with Crippen LogP contribution >= 0.6 is 11.3 Å². The van der Waals surface area contributed by atoms with Crippen LogP contribution in [0.1, 0.15) is 35.7 Å². The lowest BCUT2D eigenvalue weighted by Gasteiger charge is -2.09. The Hall–Kier alpha value is -3.19. The maximum atomic E-state index is 12.6. The lowest BCUT2D eigenvalue weighted by molar-refractivity contribution is -0.119. The highest BCUT2D eigenvalue weighted by molar-refractivity contribution is 7.14. The largest absolute Gasteiger partial charge is 0.483 e. The van der Waals surface area contributed by atoms with Crippen molar-refractivity contribution in [2.75, 3.05) is 11.9 Å². The van der Waals surface area contributed by atoms with E-state index in [9.17, 15) is 9.59 Å². The Morgan fingerprint density at radius 1 is 1.14 bits per heavy atom. The van der Waals surface area contributed by atoms with Crippen LogP contribution in [0.2, 0.25) is 0 Å². The number of nitrogens with two attached hydrogens (primary N) is 1. The van der Waals surface area contributed by atoms with Gasteiger partial charge in [-0.1, -0.05) is 49.7 Å². The summed E-state index contributed by atoms with van der Waals surface area (Å²) >= 11 is 1.35. The van der Waals surface area contributed by atoms with E-state index in [-0.39, 0.29) is 12.5 Å². The van der Waals surface area contributed by atoms with Gasteiger partial charge in [0.15, 0.2) is 11.7 Å². The number of aromatic nitrogens is 1. The number of nitrogens with zero attached hydrogens (tertiary/aromatic N) is 1. The van der Waals surface area contributed by atoms with Gasteiger partial charge in [0.1, 0.15) is 5.75 Å². The van der Waals surface area contributed by atoms with E-state index in [1.165, 1.54) is 29.7 Å². The minimum atomic E-state index is -0.606. The molecule has 3 aromatic rings. The number of amides is 2. The molecule has 1 heterocycles. The van der Waals surface area contributed by atoms with Gasteiger partial charge in [-0.25, -0.2) is 4.98 Å². The van der Waals surface area contributed by atoms with Crippen molar-refractivity contribution in [3.63, 3.8) is 0 Å². The van der Waals surface area contributed by atoms with Crippen LogP contribution in [-0.2, 0) is 11.2 Å². The summed E-state index contributed by atoms with van der Waals surface area (Å²) in [6.45, 7) is 1.89. The van der Waals surface area contributed by atoms with Crippen LogP contribution < -0.4 is 15.8 Å². The molecule has 0 saturated heterocycles. The van der Waals surface area contributed by atoms with Crippen molar-refractivity contribution >= 4 is 28.3 Å². The van der Waals surface area contributed by atoms with Gasteiger partial charge in [0, 0.05) is 10.9 Å². The third-order valence-electron chi connectivity index (χ3n) is 4.29. The number of thiazole rings is 1. The average molecular weight is 410 g/mol. The van der Waals surface area contributed by atoms with Crippen molar-refractivity contribution in [3.05, 3.63) is 65.0 Å². The van der Waals surface area contributed by atoms with Gasteiger partial charge in [0.05, 0.1) is 11.3 Å². The second kappa shape index (κ2) is 9.84. The van der Waals surface area contributed by atoms with Gasteiger partial charge in [0.25, 0.3) is 11.8 Å². The van der Waals surface area contributed by atoms with Gasteiger partial charge in [-0.2, -0.15) is 0 Å². The first kappa shape index (κ1) is 20.5. The van der Waals surface area contributed by atoms with Crippen molar-refractivity contribution < 1.29 is 14.3 Å². The first-order valence-electron chi connectivity index (χ1n) is 9.43. The Labute approximate surface area is 173 Å².